The van der Waals surface area contributed by atoms with Crippen molar-refractivity contribution in [3.05, 3.63) is 29.3 Å². The average molecular weight is 292 g/mol. The van der Waals surface area contributed by atoms with Crippen LogP contribution in [0.4, 0.5) is 0 Å². The molecule has 4 nitrogen and oxygen atoms in total. The lowest BCUT2D eigenvalue weighted by Crippen LogP contribution is -2.43. The topological polar surface area (TPSA) is 77.8 Å². The molecule has 1 aliphatic carbocycles. The highest BCUT2D eigenvalue weighted by Crippen LogP contribution is 2.49. The molecule has 1 saturated carbocycles. The molecule has 21 heavy (non-hydrogen) atoms. The van der Waals surface area contributed by atoms with Crippen molar-refractivity contribution in [3.8, 4) is 5.75 Å². The van der Waals surface area contributed by atoms with Crippen LogP contribution in [-0.2, 0) is 5.60 Å². The van der Waals surface area contributed by atoms with Crippen LogP contribution in [0, 0.1) is 17.8 Å². The van der Waals surface area contributed by atoms with Crippen LogP contribution in [0.15, 0.2) is 18.2 Å². The monoisotopic (exact) mass is 292 g/mol. The maximum Gasteiger partial charge on any atom is 0.339 e. The van der Waals surface area contributed by atoms with Gasteiger partial charge < -0.3 is 15.3 Å². The van der Waals surface area contributed by atoms with Gasteiger partial charge in [-0.1, -0.05) is 39.3 Å². The second kappa shape index (κ2) is 5.68. The van der Waals surface area contributed by atoms with Crippen molar-refractivity contribution in [1.82, 2.24) is 0 Å². The SMILES string of the molecule is CC(C)[C@@H]1CC[C@@H](C)C[C@]1(O)c1cccc(C(=O)O)c1O. The maximum atomic E-state index is 11.3. The van der Waals surface area contributed by atoms with Gasteiger partial charge in [0.1, 0.15) is 11.3 Å². The van der Waals surface area contributed by atoms with Gasteiger partial charge in [-0.2, -0.15) is 0 Å². The molecule has 0 aliphatic heterocycles. The van der Waals surface area contributed by atoms with E-state index in [9.17, 15) is 15.0 Å². The second-order valence-electron chi connectivity index (χ2n) is 6.67. The molecule has 3 N–H and O–H groups in total. The summed E-state index contributed by atoms with van der Waals surface area (Å²) in [6.07, 6.45) is 2.48. The van der Waals surface area contributed by atoms with E-state index >= 15 is 0 Å². The third-order valence-corrected chi connectivity index (χ3v) is 4.78. The van der Waals surface area contributed by atoms with Crippen LogP contribution in [0.5, 0.6) is 5.75 Å². The van der Waals surface area contributed by atoms with Crippen molar-refractivity contribution in [2.75, 3.05) is 0 Å². The molecule has 4 heteroatoms. The van der Waals surface area contributed by atoms with E-state index in [4.69, 9.17) is 5.11 Å². The minimum atomic E-state index is -1.18. The van der Waals surface area contributed by atoms with Gasteiger partial charge >= 0.3 is 5.97 Å². The van der Waals surface area contributed by atoms with Crippen molar-refractivity contribution in [2.45, 2.75) is 45.6 Å². The number of phenols is 1. The first kappa shape index (κ1) is 15.8. The zero-order valence-electron chi connectivity index (χ0n) is 12.8. The number of carboxylic acids is 1. The Kier molecular flexibility index (Phi) is 4.28. The first-order chi connectivity index (χ1) is 9.77. The van der Waals surface area contributed by atoms with Crippen molar-refractivity contribution < 1.29 is 20.1 Å². The molecule has 0 amide bonds. The molecule has 1 fully saturated rings. The molecule has 0 saturated heterocycles. The minimum Gasteiger partial charge on any atom is -0.507 e. The number of carboxylic acid groups (broad SMARTS) is 1. The molecule has 1 aromatic carbocycles. The number of aromatic hydroxyl groups is 1. The molecule has 0 bridgehead atoms. The average Bonchev–Trinajstić information content (AvgIpc) is 2.37. The van der Waals surface area contributed by atoms with Crippen molar-refractivity contribution in [2.24, 2.45) is 17.8 Å². The molecule has 0 unspecified atom stereocenters. The van der Waals surface area contributed by atoms with Crippen LogP contribution in [0.3, 0.4) is 0 Å². The molecule has 116 valence electrons. The highest BCUT2D eigenvalue weighted by Gasteiger charge is 2.45. The van der Waals surface area contributed by atoms with Crippen LogP contribution in [0.2, 0.25) is 0 Å². The lowest BCUT2D eigenvalue weighted by Gasteiger charge is -2.45. The van der Waals surface area contributed by atoms with E-state index in [2.05, 4.69) is 20.8 Å². The quantitative estimate of drug-likeness (QED) is 0.798. The lowest BCUT2D eigenvalue weighted by atomic mass is 9.64. The highest BCUT2D eigenvalue weighted by atomic mass is 16.4. The molecule has 0 radical (unpaired) electrons. The summed E-state index contributed by atoms with van der Waals surface area (Å²) in [6, 6.07) is 4.60. The van der Waals surface area contributed by atoms with E-state index in [1.165, 1.54) is 6.07 Å². The van der Waals surface area contributed by atoms with Gasteiger partial charge in [-0.05, 0) is 36.7 Å². The molecule has 0 heterocycles. The van der Waals surface area contributed by atoms with Crippen molar-refractivity contribution in [3.63, 3.8) is 0 Å². The molecule has 1 aliphatic rings. The fourth-order valence-electron chi connectivity index (χ4n) is 3.75. The first-order valence-electron chi connectivity index (χ1n) is 7.55. The number of hydrogen-bond acceptors (Lipinski definition) is 3. The highest BCUT2D eigenvalue weighted by molar-refractivity contribution is 5.91. The number of aromatic carboxylic acids is 1. The first-order valence-corrected chi connectivity index (χ1v) is 7.55. The summed E-state index contributed by atoms with van der Waals surface area (Å²) in [7, 11) is 0. The Hall–Kier alpha value is -1.55. The van der Waals surface area contributed by atoms with Gasteiger partial charge in [-0.3, -0.25) is 0 Å². The van der Waals surface area contributed by atoms with Gasteiger partial charge in [0, 0.05) is 5.56 Å². The number of rotatable bonds is 3. The molecule has 3 atom stereocenters. The van der Waals surface area contributed by atoms with Gasteiger partial charge in [0.15, 0.2) is 0 Å². The normalized spacial score (nSPS) is 29.6. The third-order valence-electron chi connectivity index (χ3n) is 4.78. The minimum absolute atomic E-state index is 0.0173. The van der Waals surface area contributed by atoms with E-state index in [0.717, 1.165) is 12.8 Å². The molecular weight excluding hydrogens is 268 g/mol. The smallest absolute Gasteiger partial charge is 0.339 e. The van der Waals surface area contributed by atoms with Gasteiger partial charge in [-0.15, -0.1) is 0 Å². The molecular formula is C17H24O4. The number of para-hydroxylation sites is 1. The Morgan fingerprint density at radius 1 is 1.33 bits per heavy atom. The molecule has 0 aromatic heterocycles. The summed E-state index contributed by atoms with van der Waals surface area (Å²) in [4.78, 5) is 11.2. The van der Waals surface area contributed by atoms with Gasteiger partial charge in [0.05, 0.1) is 5.60 Å². The van der Waals surface area contributed by atoms with E-state index in [0.29, 0.717) is 17.9 Å². The van der Waals surface area contributed by atoms with Crippen molar-refractivity contribution in [1.29, 1.82) is 0 Å². The molecule has 2 rings (SSSR count). The van der Waals surface area contributed by atoms with E-state index in [-0.39, 0.29) is 23.1 Å². The van der Waals surface area contributed by atoms with Gasteiger partial charge in [0.2, 0.25) is 0 Å². The van der Waals surface area contributed by atoms with E-state index in [1.807, 2.05) is 0 Å². The Morgan fingerprint density at radius 3 is 2.57 bits per heavy atom. The number of aliphatic hydroxyl groups is 1. The summed E-state index contributed by atoms with van der Waals surface area (Å²) in [5.74, 6) is -0.855. The van der Waals surface area contributed by atoms with E-state index in [1.54, 1.807) is 12.1 Å². The largest absolute Gasteiger partial charge is 0.507 e. The third kappa shape index (κ3) is 2.77. The molecule has 0 spiro atoms. The Morgan fingerprint density at radius 2 is 2.00 bits per heavy atom. The Balaban J connectivity index is 2.55. The zero-order valence-corrected chi connectivity index (χ0v) is 12.8. The Bertz CT molecular complexity index is 538. The van der Waals surface area contributed by atoms with Crippen molar-refractivity contribution >= 4 is 5.97 Å². The summed E-state index contributed by atoms with van der Waals surface area (Å²) in [6.45, 7) is 6.20. The number of carbonyl (C=O) groups is 1. The fourth-order valence-corrected chi connectivity index (χ4v) is 3.75. The van der Waals surface area contributed by atoms with Gasteiger partial charge in [0.25, 0.3) is 0 Å². The van der Waals surface area contributed by atoms with Crippen LogP contribution in [0.25, 0.3) is 0 Å². The van der Waals surface area contributed by atoms with Crippen LogP contribution in [0.1, 0.15) is 56.0 Å². The number of hydrogen-bond donors (Lipinski definition) is 3. The molecule has 1 aromatic rings. The summed E-state index contributed by atoms with van der Waals surface area (Å²) in [5.41, 5.74) is -0.962. The number of benzene rings is 1. The Labute approximate surface area is 125 Å². The van der Waals surface area contributed by atoms with Crippen LogP contribution in [-0.4, -0.2) is 21.3 Å². The predicted molar refractivity (Wildman–Crippen MR) is 80.3 cm³/mol. The standard InChI is InChI=1S/C17H24O4/c1-10(2)13-8-7-11(3)9-17(13,21)14-6-4-5-12(15(14)18)16(19)20/h4-6,10-11,13,18,21H,7-9H2,1-3H3,(H,19,20)/t11-,13+,17-/m1/s1. The van der Waals surface area contributed by atoms with Gasteiger partial charge in [-0.25, -0.2) is 4.79 Å². The summed E-state index contributed by atoms with van der Waals surface area (Å²) >= 11 is 0. The second-order valence-corrected chi connectivity index (χ2v) is 6.67. The van der Waals surface area contributed by atoms with E-state index < -0.39 is 11.6 Å². The summed E-state index contributed by atoms with van der Waals surface area (Å²) in [5, 5.41) is 30.8. The lowest BCUT2D eigenvalue weighted by molar-refractivity contribution is -0.0877. The summed E-state index contributed by atoms with van der Waals surface area (Å²) < 4.78 is 0. The zero-order chi connectivity index (χ0) is 15.8. The maximum absolute atomic E-state index is 11.3. The fraction of sp³-hybridized carbons (Fsp3) is 0.588. The van der Waals surface area contributed by atoms with Crippen LogP contribution < -0.4 is 0 Å². The van der Waals surface area contributed by atoms with Crippen LogP contribution >= 0.6 is 0 Å². The predicted octanol–water partition coefficient (Wildman–Crippen LogP) is 3.37.